The molecule has 0 saturated carbocycles. The van der Waals surface area contributed by atoms with Crippen molar-refractivity contribution in [2.45, 2.75) is 39.2 Å². The Labute approximate surface area is 144 Å². The topological polar surface area (TPSA) is 60.0 Å². The molecule has 2 rings (SSSR count). The smallest absolute Gasteiger partial charge is 0.409 e. The number of hydrogen-bond donors (Lipinski definition) is 1. The molecule has 1 amide bonds. The number of amides is 1. The summed E-state index contributed by atoms with van der Waals surface area (Å²) in [6.45, 7) is 6.31. The van der Waals surface area contributed by atoms with E-state index in [1.165, 1.54) is 0 Å². The van der Waals surface area contributed by atoms with Gasteiger partial charge in [0.05, 0.1) is 6.61 Å². The maximum atomic E-state index is 12.3. The Morgan fingerprint density at radius 1 is 1.33 bits per heavy atom. The predicted octanol–water partition coefficient (Wildman–Crippen LogP) is 2.80. The molecular weight excluding hydrogens is 308 g/mol. The third kappa shape index (κ3) is 5.03. The zero-order chi connectivity index (χ0) is 17.4. The molecule has 6 heteroatoms. The fraction of sp³-hybridized carbons (Fsp3) is 0.611. The highest BCUT2D eigenvalue weighted by molar-refractivity contribution is 5.68. The van der Waals surface area contributed by atoms with E-state index in [0.29, 0.717) is 13.2 Å². The number of likely N-dealkylation sites (N-methyl/N-ethyl adjacent to an activating group) is 1. The normalized spacial score (nSPS) is 13.6. The van der Waals surface area contributed by atoms with Crippen LogP contribution >= 0.6 is 0 Å². The zero-order valence-electron chi connectivity index (χ0n) is 14.8. The number of benzene rings is 1. The van der Waals surface area contributed by atoms with E-state index < -0.39 is 0 Å². The number of hydrogen-bond acceptors (Lipinski definition) is 5. The Bertz CT molecular complexity index is 536. The number of unbranched alkanes of at least 4 members (excludes halogenated alkanes) is 1. The van der Waals surface area contributed by atoms with Crippen LogP contribution < -0.4 is 14.8 Å². The predicted molar refractivity (Wildman–Crippen MR) is 92.6 cm³/mol. The molecule has 1 unspecified atom stereocenters. The van der Waals surface area contributed by atoms with Crippen molar-refractivity contribution in [1.29, 1.82) is 0 Å². The average molecular weight is 336 g/mol. The molecule has 0 aromatic heterocycles. The average Bonchev–Trinajstić information content (AvgIpc) is 3.03. The number of carbonyl (C=O) groups is 1. The lowest BCUT2D eigenvalue weighted by Gasteiger charge is -2.27. The van der Waals surface area contributed by atoms with Crippen molar-refractivity contribution in [2.75, 3.05) is 33.5 Å². The molecule has 0 bridgehead atoms. The van der Waals surface area contributed by atoms with Gasteiger partial charge in [0, 0.05) is 12.6 Å². The van der Waals surface area contributed by atoms with Crippen LogP contribution in [0.1, 0.15) is 32.3 Å². The van der Waals surface area contributed by atoms with E-state index >= 15 is 0 Å². The van der Waals surface area contributed by atoms with Crippen molar-refractivity contribution < 1.29 is 19.0 Å². The van der Waals surface area contributed by atoms with Gasteiger partial charge in [-0.05, 0) is 64.4 Å². The van der Waals surface area contributed by atoms with Gasteiger partial charge in [-0.2, -0.15) is 0 Å². The third-order valence-electron chi connectivity index (χ3n) is 4.12. The monoisotopic (exact) mass is 336 g/mol. The summed E-state index contributed by atoms with van der Waals surface area (Å²) in [5.74, 6) is 1.55. The minimum Gasteiger partial charge on any atom is -0.454 e. The van der Waals surface area contributed by atoms with Crippen molar-refractivity contribution >= 4 is 6.09 Å². The van der Waals surface area contributed by atoms with Gasteiger partial charge in [0.2, 0.25) is 6.79 Å². The first-order valence-electron chi connectivity index (χ1n) is 8.62. The molecule has 1 aromatic rings. The minimum absolute atomic E-state index is 0.0557. The van der Waals surface area contributed by atoms with Crippen LogP contribution in [-0.2, 0) is 11.2 Å². The van der Waals surface area contributed by atoms with Crippen LogP contribution in [0.4, 0.5) is 4.79 Å². The molecule has 1 aliphatic heterocycles. The Morgan fingerprint density at radius 3 is 2.88 bits per heavy atom. The second kappa shape index (κ2) is 9.37. The summed E-state index contributed by atoms with van der Waals surface area (Å²) < 4.78 is 16.1. The van der Waals surface area contributed by atoms with Crippen LogP contribution in [0, 0.1) is 0 Å². The number of fused-ring (bicyclic) bond motifs is 1. The lowest BCUT2D eigenvalue weighted by atomic mass is 10.1. The lowest BCUT2D eigenvalue weighted by molar-refractivity contribution is 0.0897. The summed E-state index contributed by atoms with van der Waals surface area (Å²) in [6.07, 6.45) is 2.39. The lowest BCUT2D eigenvalue weighted by Crippen LogP contribution is -2.40. The molecule has 0 spiro atoms. The zero-order valence-corrected chi connectivity index (χ0v) is 14.8. The number of ether oxygens (including phenoxy) is 3. The van der Waals surface area contributed by atoms with Crippen molar-refractivity contribution in [2.24, 2.45) is 0 Å². The summed E-state index contributed by atoms with van der Waals surface area (Å²) in [5, 5.41) is 3.08. The highest BCUT2D eigenvalue weighted by atomic mass is 16.7. The molecule has 1 aromatic carbocycles. The Hall–Kier alpha value is -1.95. The van der Waals surface area contributed by atoms with Gasteiger partial charge >= 0.3 is 6.09 Å². The van der Waals surface area contributed by atoms with Gasteiger partial charge in [0.15, 0.2) is 11.5 Å². The molecule has 1 heterocycles. The van der Waals surface area contributed by atoms with Crippen molar-refractivity contribution in [1.82, 2.24) is 10.2 Å². The molecule has 1 N–H and O–H groups in total. The van der Waals surface area contributed by atoms with Gasteiger partial charge in [-0.1, -0.05) is 6.07 Å². The van der Waals surface area contributed by atoms with E-state index in [9.17, 15) is 4.79 Å². The highest BCUT2D eigenvalue weighted by Gasteiger charge is 2.21. The first kappa shape index (κ1) is 18.4. The Balaban J connectivity index is 1.84. The van der Waals surface area contributed by atoms with Gasteiger partial charge in [0.25, 0.3) is 0 Å². The van der Waals surface area contributed by atoms with E-state index in [0.717, 1.165) is 42.9 Å². The third-order valence-corrected chi connectivity index (χ3v) is 4.12. The molecule has 0 aliphatic carbocycles. The summed E-state index contributed by atoms with van der Waals surface area (Å²) in [5.41, 5.74) is 1.12. The van der Waals surface area contributed by atoms with E-state index in [-0.39, 0.29) is 18.9 Å². The first-order valence-corrected chi connectivity index (χ1v) is 8.62. The Kier molecular flexibility index (Phi) is 7.18. The van der Waals surface area contributed by atoms with Gasteiger partial charge in [-0.3, -0.25) is 0 Å². The highest BCUT2D eigenvalue weighted by Crippen LogP contribution is 2.33. The van der Waals surface area contributed by atoms with Crippen LogP contribution in [0.2, 0.25) is 0 Å². The standard InChI is InChI=1S/C18H28N2O4/c1-4-20(18(21)22-10-6-5-9-19-3)14(2)11-15-7-8-16-17(12-15)24-13-23-16/h7-8,12,14,19H,4-6,9-11,13H2,1-3H3. The number of rotatable bonds is 9. The van der Waals surface area contributed by atoms with E-state index in [4.69, 9.17) is 14.2 Å². The maximum Gasteiger partial charge on any atom is 0.409 e. The first-order chi connectivity index (χ1) is 11.7. The summed E-state index contributed by atoms with van der Waals surface area (Å²) in [4.78, 5) is 14.0. The van der Waals surface area contributed by atoms with Crippen LogP contribution in [0.5, 0.6) is 11.5 Å². The van der Waals surface area contributed by atoms with Crippen molar-refractivity contribution in [3.05, 3.63) is 23.8 Å². The molecule has 1 aliphatic rings. The second-order valence-corrected chi connectivity index (χ2v) is 5.95. The molecule has 0 saturated heterocycles. The van der Waals surface area contributed by atoms with Gasteiger partial charge < -0.3 is 24.4 Å². The number of carbonyl (C=O) groups excluding carboxylic acids is 1. The molecule has 1 atom stereocenters. The van der Waals surface area contributed by atoms with Crippen LogP contribution in [-0.4, -0.2) is 50.6 Å². The fourth-order valence-electron chi connectivity index (χ4n) is 2.79. The summed E-state index contributed by atoms with van der Waals surface area (Å²) >= 11 is 0. The van der Waals surface area contributed by atoms with E-state index in [1.54, 1.807) is 4.90 Å². The van der Waals surface area contributed by atoms with Crippen molar-refractivity contribution in [3.8, 4) is 11.5 Å². The largest absolute Gasteiger partial charge is 0.454 e. The van der Waals surface area contributed by atoms with Crippen LogP contribution in [0.3, 0.4) is 0 Å². The van der Waals surface area contributed by atoms with E-state index in [1.807, 2.05) is 39.1 Å². The van der Waals surface area contributed by atoms with E-state index in [2.05, 4.69) is 5.32 Å². The summed E-state index contributed by atoms with van der Waals surface area (Å²) in [7, 11) is 1.92. The van der Waals surface area contributed by atoms with Gasteiger partial charge in [-0.25, -0.2) is 4.79 Å². The van der Waals surface area contributed by atoms with Gasteiger partial charge in [-0.15, -0.1) is 0 Å². The van der Waals surface area contributed by atoms with Crippen LogP contribution in [0.25, 0.3) is 0 Å². The molecule has 134 valence electrons. The minimum atomic E-state index is -0.241. The molecule has 24 heavy (non-hydrogen) atoms. The maximum absolute atomic E-state index is 12.3. The molecule has 0 fully saturated rings. The SMILES string of the molecule is CCN(C(=O)OCCCCNC)C(C)Cc1ccc2c(c1)OCO2. The number of nitrogens with zero attached hydrogens (tertiary/aromatic N) is 1. The van der Waals surface area contributed by atoms with Gasteiger partial charge in [0.1, 0.15) is 0 Å². The molecular formula is C18H28N2O4. The fourth-order valence-corrected chi connectivity index (χ4v) is 2.79. The summed E-state index contributed by atoms with van der Waals surface area (Å²) in [6, 6.07) is 5.97. The molecule has 0 radical (unpaired) electrons. The quantitative estimate of drug-likeness (QED) is 0.703. The molecule has 6 nitrogen and oxygen atoms in total. The second-order valence-electron chi connectivity index (χ2n) is 5.95. The number of nitrogens with one attached hydrogen (secondary N) is 1. The Morgan fingerprint density at radius 2 is 2.12 bits per heavy atom. The van der Waals surface area contributed by atoms with Crippen molar-refractivity contribution in [3.63, 3.8) is 0 Å². The van der Waals surface area contributed by atoms with Crippen LogP contribution in [0.15, 0.2) is 18.2 Å².